The maximum Gasteiger partial charge on any atom is 0.335 e. The molecule has 0 amide bonds. The van der Waals surface area contributed by atoms with Crippen LogP contribution in [0.2, 0.25) is 0 Å². The molecular weight excluding hydrogens is 270 g/mol. The quantitative estimate of drug-likeness (QED) is 0.769. The molecule has 3 N–H and O–H groups in total. The number of carboxylic acids is 1. The molecule has 3 rings (SSSR count). The lowest BCUT2D eigenvalue weighted by molar-refractivity contribution is 0.0697. The van der Waals surface area contributed by atoms with Gasteiger partial charge < -0.3 is 15.6 Å². The molecular formula is C15H13N3O3. The fourth-order valence-corrected chi connectivity index (χ4v) is 2.18. The minimum absolute atomic E-state index is 0.171. The molecule has 6 nitrogen and oxygen atoms in total. The van der Waals surface area contributed by atoms with Crippen molar-refractivity contribution < 1.29 is 14.6 Å². The van der Waals surface area contributed by atoms with Gasteiger partial charge in [0.05, 0.1) is 12.7 Å². The first-order valence-corrected chi connectivity index (χ1v) is 6.25. The van der Waals surface area contributed by atoms with Crippen molar-refractivity contribution in [2.75, 3.05) is 12.8 Å². The zero-order valence-corrected chi connectivity index (χ0v) is 11.3. The summed E-state index contributed by atoms with van der Waals surface area (Å²) in [4.78, 5) is 15.4. The van der Waals surface area contributed by atoms with Crippen LogP contribution in [0.5, 0.6) is 5.75 Å². The lowest BCUT2D eigenvalue weighted by Gasteiger charge is -2.03. The largest absolute Gasteiger partial charge is 0.497 e. The average molecular weight is 283 g/mol. The van der Waals surface area contributed by atoms with Gasteiger partial charge in [0.1, 0.15) is 22.9 Å². The topological polar surface area (TPSA) is 89.8 Å². The Labute approximate surface area is 120 Å². The van der Waals surface area contributed by atoms with Crippen molar-refractivity contribution in [3.63, 3.8) is 0 Å². The van der Waals surface area contributed by atoms with Crippen molar-refractivity contribution in [2.24, 2.45) is 0 Å². The van der Waals surface area contributed by atoms with E-state index in [-0.39, 0.29) is 5.56 Å². The molecule has 2 aromatic heterocycles. The Hall–Kier alpha value is -3.02. The normalized spacial score (nSPS) is 10.7. The van der Waals surface area contributed by atoms with Crippen molar-refractivity contribution in [2.45, 2.75) is 0 Å². The molecule has 21 heavy (non-hydrogen) atoms. The number of fused-ring (bicyclic) bond motifs is 1. The number of hydrogen-bond donors (Lipinski definition) is 2. The van der Waals surface area contributed by atoms with E-state index in [2.05, 4.69) is 4.98 Å². The maximum absolute atomic E-state index is 11.0. The van der Waals surface area contributed by atoms with Crippen LogP contribution in [0.1, 0.15) is 10.4 Å². The molecule has 1 aromatic carbocycles. The van der Waals surface area contributed by atoms with Gasteiger partial charge in [-0.25, -0.2) is 9.78 Å². The van der Waals surface area contributed by atoms with Crippen LogP contribution in [0.3, 0.4) is 0 Å². The third-order valence-electron chi connectivity index (χ3n) is 3.25. The van der Waals surface area contributed by atoms with E-state index in [0.717, 1.165) is 5.56 Å². The standard InChI is InChI=1S/C15H13N3O3/c1-21-11-4-2-3-9(7-11)13-14(16)18-6-5-10(15(19)20)8-12(18)17-13/h2-8H,16H2,1H3,(H,19,20). The Balaban J connectivity index is 2.18. The lowest BCUT2D eigenvalue weighted by Crippen LogP contribution is -1.99. The smallest absolute Gasteiger partial charge is 0.335 e. The molecule has 0 saturated heterocycles. The Bertz CT molecular complexity index is 839. The summed E-state index contributed by atoms with van der Waals surface area (Å²) in [7, 11) is 1.59. The maximum atomic E-state index is 11.0. The molecule has 2 heterocycles. The number of methoxy groups -OCH3 is 1. The number of nitrogens with two attached hydrogens (primary N) is 1. The van der Waals surface area contributed by atoms with Crippen molar-refractivity contribution in [3.05, 3.63) is 48.2 Å². The van der Waals surface area contributed by atoms with Crippen LogP contribution in [0.25, 0.3) is 16.9 Å². The summed E-state index contributed by atoms with van der Waals surface area (Å²) in [6.45, 7) is 0. The molecule has 0 fully saturated rings. The van der Waals surface area contributed by atoms with Crippen molar-refractivity contribution >= 4 is 17.4 Å². The van der Waals surface area contributed by atoms with Gasteiger partial charge in [-0.05, 0) is 24.3 Å². The van der Waals surface area contributed by atoms with E-state index >= 15 is 0 Å². The number of anilines is 1. The van der Waals surface area contributed by atoms with Gasteiger partial charge in [-0.15, -0.1) is 0 Å². The molecule has 0 aliphatic rings. The molecule has 0 radical (unpaired) electrons. The van der Waals surface area contributed by atoms with Crippen LogP contribution in [0.4, 0.5) is 5.82 Å². The summed E-state index contributed by atoms with van der Waals surface area (Å²) in [6.07, 6.45) is 1.60. The lowest BCUT2D eigenvalue weighted by atomic mass is 10.1. The highest BCUT2D eigenvalue weighted by Crippen LogP contribution is 2.29. The predicted octanol–water partition coefficient (Wildman–Crippen LogP) is 2.29. The second kappa shape index (κ2) is 4.82. The van der Waals surface area contributed by atoms with Gasteiger partial charge in [-0.2, -0.15) is 0 Å². The minimum Gasteiger partial charge on any atom is -0.497 e. The highest BCUT2D eigenvalue weighted by molar-refractivity contribution is 5.89. The number of aromatic nitrogens is 2. The van der Waals surface area contributed by atoms with E-state index in [0.29, 0.717) is 22.9 Å². The number of ether oxygens (including phenoxy) is 1. The summed E-state index contributed by atoms with van der Waals surface area (Å²) >= 11 is 0. The second-order valence-electron chi connectivity index (χ2n) is 4.53. The highest BCUT2D eigenvalue weighted by atomic mass is 16.5. The number of carboxylic acid groups (broad SMARTS) is 1. The number of hydrogen-bond acceptors (Lipinski definition) is 4. The fourth-order valence-electron chi connectivity index (χ4n) is 2.18. The Morgan fingerprint density at radius 2 is 2.14 bits per heavy atom. The second-order valence-corrected chi connectivity index (χ2v) is 4.53. The number of imidazole rings is 1. The molecule has 106 valence electrons. The van der Waals surface area contributed by atoms with Gasteiger partial charge in [0.15, 0.2) is 0 Å². The van der Waals surface area contributed by atoms with Crippen LogP contribution in [0, 0.1) is 0 Å². The summed E-state index contributed by atoms with van der Waals surface area (Å²) < 4.78 is 6.84. The Morgan fingerprint density at radius 3 is 2.86 bits per heavy atom. The molecule has 0 spiro atoms. The number of nitrogens with zero attached hydrogens (tertiary/aromatic N) is 2. The zero-order valence-electron chi connectivity index (χ0n) is 11.3. The summed E-state index contributed by atoms with van der Waals surface area (Å²) in [5.41, 5.74) is 8.17. The van der Waals surface area contributed by atoms with Crippen molar-refractivity contribution in [1.29, 1.82) is 0 Å². The van der Waals surface area contributed by atoms with Crippen LogP contribution in [0.15, 0.2) is 42.6 Å². The zero-order chi connectivity index (χ0) is 15.0. The van der Waals surface area contributed by atoms with E-state index in [1.807, 2.05) is 24.3 Å². The number of nitrogen functional groups attached to an aromatic ring is 1. The molecule has 0 bridgehead atoms. The van der Waals surface area contributed by atoms with Gasteiger partial charge in [-0.1, -0.05) is 12.1 Å². The SMILES string of the molecule is COc1cccc(-c2nc3cc(C(=O)O)ccn3c2N)c1. The van der Waals surface area contributed by atoms with Gasteiger partial charge in [0, 0.05) is 11.8 Å². The molecule has 0 unspecified atom stereocenters. The number of rotatable bonds is 3. The highest BCUT2D eigenvalue weighted by Gasteiger charge is 2.13. The first-order chi connectivity index (χ1) is 10.1. The monoisotopic (exact) mass is 283 g/mol. The molecule has 0 aliphatic carbocycles. The number of pyridine rings is 1. The van der Waals surface area contributed by atoms with Crippen LogP contribution >= 0.6 is 0 Å². The molecule has 0 atom stereocenters. The first kappa shape index (κ1) is 13.0. The van der Waals surface area contributed by atoms with Crippen LogP contribution in [-0.2, 0) is 0 Å². The third kappa shape index (κ3) is 2.16. The van der Waals surface area contributed by atoms with E-state index in [4.69, 9.17) is 15.6 Å². The van der Waals surface area contributed by atoms with E-state index in [1.54, 1.807) is 17.7 Å². The van der Waals surface area contributed by atoms with Gasteiger partial charge in [0.25, 0.3) is 0 Å². The van der Waals surface area contributed by atoms with Gasteiger partial charge in [0.2, 0.25) is 0 Å². The summed E-state index contributed by atoms with van der Waals surface area (Å²) in [5, 5.41) is 9.02. The van der Waals surface area contributed by atoms with E-state index < -0.39 is 5.97 Å². The van der Waals surface area contributed by atoms with Crippen LogP contribution in [-0.4, -0.2) is 27.6 Å². The molecule has 0 saturated carbocycles. The predicted molar refractivity (Wildman–Crippen MR) is 78.6 cm³/mol. The molecule has 6 heteroatoms. The van der Waals surface area contributed by atoms with Crippen molar-refractivity contribution in [1.82, 2.24) is 9.38 Å². The first-order valence-electron chi connectivity index (χ1n) is 6.25. The number of carbonyl (C=O) groups is 1. The van der Waals surface area contributed by atoms with Crippen LogP contribution < -0.4 is 10.5 Å². The Kier molecular flexibility index (Phi) is 2.98. The van der Waals surface area contributed by atoms with Gasteiger partial charge in [-0.3, -0.25) is 4.40 Å². The number of aromatic carboxylic acids is 1. The fraction of sp³-hybridized carbons (Fsp3) is 0.0667. The number of benzene rings is 1. The molecule has 3 aromatic rings. The average Bonchev–Trinajstić information content (AvgIpc) is 2.84. The van der Waals surface area contributed by atoms with E-state index in [9.17, 15) is 4.79 Å². The summed E-state index contributed by atoms with van der Waals surface area (Å²) in [6, 6.07) is 10.4. The molecule has 0 aliphatic heterocycles. The Morgan fingerprint density at radius 1 is 1.33 bits per heavy atom. The van der Waals surface area contributed by atoms with Gasteiger partial charge >= 0.3 is 5.97 Å². The third-order valence-corrected chi connectivity index (χ3v) is 3.25. The summed E-state index contributed by atoms with van der Waals surface area (Å²) in [5.74, 6) is 0.160. The van der Waals surface area contributed by atoms with Crippen molar-refractivity contribution in [3.8, 4) is 17.0 Å². The minimum atomic E-state index is -0.998. The van der Waals surface area contributed by atoms with E-state index in [1.165, 1.54) is 12.1 Å².